The van der Waals surface area contributed by atoms with E-state index >= 15 is 0 Å². The molecule has 3 nitrogen and oxygen atoms in total. The number of halogens is 1. The minimum absolute atomic E-state index is 0.0119. The van der Waals surface area contributed by atoms with Crippen LogP contribution in [0.15, 0.2) is 18.2 Å². The number of carbonyl (C=O) groups excluding carboxylic acids is 1. The summed E-state index contributed by atoms with van der Waals surface area (Å²) in [6, 6.07) is 5.34. The quantitative estimate of drug-likeness (QED) is 0.781. The molecule has 0 fully saturated rings. The zero-order valence-electron chi connectivity index (χ0n) is 11.7. The van der Waals surface area contributed by atoms with Crippen LogP contribution in [0, 0.1) is 0 Å². The lowest BCUT2D eigenvalue weighted by atomic mass is 10.1. The van der Waals surface area contributed by atoms with Crippen LogP contribution in [0.5, 0.6) is 0 Å². The Morgan fingerprint density at radius 1 is 1.37 bits per heavy atom. The van der Waals surface area contributed by atoms with Gasteiger partial charge < -0.3 is 10.2 Å². The van der Waals surface area contributed by atoms with Crippen LogP contribution in [0.25, 0.3) is 0 Å². The molecule has 0 aromatic heterocycles. The fourth-order valence-corrected chi connectivity index (χ4v) is 2.32. The fraction of sp³-hybridized carbons (Fsp3) is 0.500. The van der Waals surface area contributed by atoms with Crippen molar-refractivity contribution in [2.75, 3.05) is 38.0 Å². The number of amides is 1. The first-order chi connectivity index (χ1) is 9.06. The molecule has 1 aromatic rings. The monoisotopic (exact) mass is 300 g/mol. The lowest BCUT2D eigenvalue weighted by Crippen LogP contribution is -2.21. The predicted octanol–water partition coefficient (Wildman–Crippen LogP) is 3.60. The van der Waals surface area contributed by atoms with Gasteiger partial charge >= 0.3 is 0 Å². The first kappa shape index (κ1) is 16.2. The molecule has 1 rings (SSSR count). The maximum atomic E-state index is 11.9. The Kier molecular flexibility index (Phi) is 7.10. The Morgan fingerprint density at radius 3 is 2.74 bits per heavy atom. The van der Waals surface area contributed by atoms with E-state index in [0.29, 0.717) is 10.6 Å². The summed E-state index contributed by atoms with van der Waals surface area (Å²) in [5.41, 5.74) is 1.49. The number of anilines is 1. The Bertz CT molecular complexity index is 424. The highest BCUT2D eigenvalue weighted by Crippen LogP contribution is 2.23. The molecule has 19 heavy (non-hydrogen) atoms. The van der Waals surface area contributed by atoms with Gasteiger partial charge in [0, 0.05) is 26.2 Å². The standard InChI is InChI=1S/C14H21ClN2OS/c1-17(2)14(18)11-6-7-12(15)13(10-11)16-8-4-5-9-19-3/h6-7,10,16H,4-5,8-9H2,1-3H3. The zero-order valence-corrected chi connectivity index (χ0v) is 13.3. The van der Waals surface area contributed by atoms with Gasteiger partial charge in [-0.1, -0.05) is 11.6 Å². The maximum absolute atomic E-state index is 11.9. The zero-order chi connectivity index (χ0) is 14.3. The number of nitrogens with zero attached hydrogens (tertiary/aromatic N) is 1. The van der Waals surface area contributed by atoms with E-state index in [1.807, 2.05) is 17.8 Å². The Morgan fingerprint density at radius 2 is 2.11 bits per heavy atom. The molecule has 0 saturated carbocycles. The molecule has 0 spiro atoms. The van der Waals surface area contributed by atoms with Gasteiger partial charge in [-0.25, -0.2) is 0 Å². The summed E-state index contributed by atoms with van der Waals surface area (Å²) in [5.74, 6) is 1.16. The van der Waals surface area contributed by atoms with Crippen molar-refractivity contribution in [3.05, 3.63) is 28.8 Å². The van der Waals surface area contributed by atoms with Gasteiger partial charge in [-0.05, 0) is 43.0 Å². The van der Waals surface area contributed by atoms with Crippen LogP contribution in [0.3, 0.4) is 0 Å². The van der Waals surface area contributed by atoms with Crippen molar-refractivity contribution in [2.24, 2.45) is 0 Å². The van der Waals surface area contributed by atoms with E-state index < -0.39 is 0 Å². The molecule has 0 unspecified atom stereocenters. The smallest absolute Gasteiger partial charge is 0.253 e. The van der Waals surface area contributed by atoms with Gasteiger partial charge in [-0.3, -0.25) is 4.79 Å². The van der Waals surface area contributed by atoms with Crippen LogP contribution >= 0.6 is 23.4 Å². The molecule has 106 valence electrons. The van der Waals surface area contributed by atoms with Crippen molar-refractivity contribution in [1.82, 2.24) is 4.90 Å². The molecule has 0 radical (unpaired) electrons. The number of benzene rings is 1. The van der Waals surface area contributed by atoms with Gasteiger partial charge in [0.05, 0.1) is 10.7 Å². The first-order valence-electron chi connectivity index (χ1n) is 6.30. The molecule has 0 atom stereocenters. The second-order valence-corrected chi connectivity index (χ2v) is 5.91. The largest absolute Gasteiger partial charge is 0.384 e. The molecule has 0 aliphatic rings. The van der Waals surface area contributed by atoms with Gasteiger partial charge in [0.25, 0.3) is 5.91 Å². The Balaban J connectivity index is 2.62. The van der Waals surface area contributed by atoms with Crippen molar-refractivity contribution in [1.29, 1.82) is 0 Å². The third kappa shape index (κ3) is 5.33. The molecule has 1 amide bonds. The summed E-state index contributed by atoms with van der Waals surface area (Å²) >= 11 is 7.99. The van der Waals surface area contributed by atoms with E-state index in [9.17, 15) is 4.79 Å². The highest BCUT2D eigenvalue weighted by molar-refractivity contribution is 7.98. The molecule has 1 aromatic carbocycles. The summed E-state index contributed by atoms with van der Waals surface area (Å²) in [4.78, 5) is 13.4. The molecule has 0 aliphatic carbocycles. The number of hydrogen-bond donors (Lipinski definition) is 1. The summed E-state index contributed by atoms with van der Waals surface area (Å²) in [6.45, 7) is 0.875. The number of unbranched alkanes of at least 4 members (excludes halogenated alkanes) is 1. The molecular formula is C14H21ClN2OS. The number of rotatable bonds is 7. The Hall–Kier alpha value is -0.870. The van der Waals surface area contributed by atoms with E-state index in [1.54, 1.807) is 31.1 Å². The number of hydrogen-bond acceptors (Lipinski definition) is 3. The fourth-order valence-electron chi connectivity index (χ4n) is 1.65. The van der Waals surface area contributed by atoms with E-state index in [-0.39, 0.29) is 5.91 Å². The van der Waals surface area contributed by atoms with Crippen molar-refractivity contribution < 1.29 is 4.79 Å². The summed E-state index contributed by atoms with van der Waals surface area (Å²) < 4.78 is 0. The normalized spacial score (nSPS) is 10.3. The van der Waals surface area contributed by atoms with Crippen LogP contribution in [0.2, 0.25) is 5.02 Å². The van der Waals surface area contributed by atoms with Crippen molar-refractivity contribution >= 4 is 35.0 Å². The summed E-state index contributed by atoms with van der Waals surface area (Å²) in [5, 5.41) is 3.95. The highest BCUT2D eigenvalue weighted by Gasteiger charge is 2.10. The van der Waals surface area contributed by atoms with E-state index in [1.165, 1.54) is 12.2 Å². The third-order valence-electron chi connectivity index (χ3n) is 2.71. The Labute approximate surface area is 124 Å². The molecule has 0 aliphatic heterocycles. The SMILES string of the molecule is CSCCCCNc1cc(C(=O)N(C)C)ccc1Cl. The molecule has 0 bridgehead atoms. The minimum atomic E-state index is -0.0119. The molecule has 1 N–H and O–H groups in total. The van der Waals surface area contributed by atoms with Crippen molar-refractivity contribution in [2.45, 2.75) is 12.8 Å². The van der Waals surface area contributed by atoms with E-state index in [2.05, 4.69) is 11.6 Å². The lowest BCUT2D eigenvalue weighted by molar-refractivity contribution is 0.0827. The summed E-state index contributed by atoms with van der Waals surface area (Å²) in [6.07, 6.45) is 4.39. The van der Waals surface area contributed by atoms with Gasteiger partial charge in [-0.15, -0.1) is 0 Å². The van der Waals surface area contributed by atoms with Crippen molar-refractivity contribution in [3.63, 3.8) is 0 Å². The van der Waals surface area contributed by atoms with Crippen LogP contribution < -0.4 is 5.32 Å². The van der Waals surface area contributed by atoms with Crippen molar-refractivity contribution in [3.8, 4) is 0 Å². The molecular weight excluding hydrogens is 280 g/mol. The highest BCUT2D eigenvalue weighted by atomic mass is 35.5. The van der Waals surface area contributed by atoms with Crippen LogP contribution in [-0.2, 0) is 0 Å². The molecule has 0 saturated heterocycles. The second-order valence-electron chi connectivity index (χ2n) is 4.52. The third-order valence-corrected chi connectivity index (χ3v) is 3.74. The number of nitrogens with one attached hydrogen (secondary N) is 1. The first-order valence-corrected chi connectivity index (χ1v) is 8.07. The van der Waals surface area contributed by atoms with Gasteiger partial charge in [0.2, 0.25) is 0 Å². The predicted molar refractivity (Wildman–Crippen MR) is 85.6 cm³/mol. The second kappa shape index (κ2) is 8.33. The topological polar surface area (TPSA) is 32.3 Å². The van der Waals surface area contributed by atoms with E-state index in [4.69, 9.17) is 11.6 Å². The minimum Gasteiger partial charge on any atom is -0.384 e. The number of thioether (sulfide) groups is 1. The van der Waals surface area contributed by atoms with E-state index in [0.717, 1.165) is 18.7 Å². The average molecular weight is 301 g/mol. The van der Waals surface area contributed by atoms with Gasteiger partial charge in [0.1, 0.15) is 0 Å². The lowest BCUT2D eigenvalue weighted by Gasteiger charge is -2.13. The van der Waals surface area contributed by atoms with Gasteiger partial charge in [0.15, 0.2) is 0 Å². The summed E-state index contributed by atoms with van der Waals surface area (Å²) in [7, 11) is 3.49. The molecule has 5 heteroatoms. The van der Waals surface area contributed by atoms with Crippen LogP contribution in [0.1, 0.15) is 23.2 Å². The van der Waals surface area contributed by atoms with Gasteiger partial charge in [-0.2, -0.15) is 11.8 Å². The maximum Gasteiger partial charge on any atom is 0.253 e. The average Bonchev–Trinajstić information content (AvgIpc) is 2.39. The van der Waals surface area contributed by atoms with Crippen LogP contribution in [0.4, 0.5) is 5.69 Å². The molecule has 0 heterocycles. The van der Waals surface area contributed by atoms with Crippen LogP contribution in [-0.4, -0.2) is 43.5 Å². The number of carbonyl (C=O) groups is 1.